The van der Waals surface area contributed by atoms with Gasteiger partial charge >= 0.3 is 0 Å². The van der Waals surface area contributed by atoms with E-state index in [-0.39, 0.29) is 12.4 Å². The van der Waals surface area contributed by atoms with Gasteiger partial charge in [-0.25, -0.2) is 4.98 Å². The summed E-state index contributed by atoms with van der Waals surface area (Å²) in [5.41, 5.74) is 2.79. The third-order valence-electron chi connectivity index (χ3n) is 1.78. The molecule has 0 bridgehead atoms. The first kappa shape index (κ1) is 9.86. The van der Waals surface area contributed by atoms with Crippen molar-refractivity contribution < 1.29 is 4.42 Å². The van der Waals surface area contributed by atoms with E-state index in [4.69, 9.17) is 4.42 Å². The fourth-order valence-corrected chi connectivity index (χ4v) is 1.20. The average molecular weight is 199 g/mol. The van der Waals surface area contributed by atoms with E-state index in [2.05, 4.69) is 10.3 Å². The molecular weight excluding hydrogens is 188 g/mol. The molecule has 1 aromatic carbocycles. The maximum atomic E-state index is 5.33. The quantitative estimate of drug-likeness (QED) is 0.766. The average Bonchev–Trinajstić information content (AvgIpc) is 2.43. The molecule has 4 heteroatoms. The number of rotatable bonds is 1. The van der Waals surface area contributed by atoms with Gasteiger partial charge in [-0.1, -0.05) is 0 Å². The molecule has 0 unspecified atom stereocenters. The Morgan fingerprint density at radius 2 is 2.15 bits per heavy atom. The lowest BCUT2D eigenvalue weighted by Gasteiger charge is -1.96. The van der Waals surface area contributed by atoms with Crippen LogP contribution in [0.1, 0.15) is 5.89 Å². The smallest absolute Gasteiger partial charge is 0.192 e. The summed E-state index contributed by atoms with van der Waals surface area (Å²) < 4.78 is 5.33. The standard InChI is InChI=1S/C9H10N2O.ClH/c1-6-11-8-5-7(10-2)3-4-9(8)12-6;/h3-5,10H,1-2H3;1H. The summed E-state index contributed by atoms with van der Waals surface area (Å²) >= 11 is 0. The molecule has 70 valence electrons. The van der Waals surface area contributed by atoms with Crippen molar-refractivity contribution in [1.82, 2.24) is 4.98 Å². The summed E-state index contributed by atoms with van der Waals surface area (Å²) in [6, 6.07) is 5.85. The van der Waals surface area contributed by atoms with Crippen LogP contribution in [0.3, 0.4) is 0 Å². The molecule has 0 saturated carbocycles. The SMILES string of the molecule is CNc1ccc2oc(C)nc2c1.Cl. The van der Waals surface area contributed by atoms with Gasteiger partial charge in [-0.3, -0.25) is 0 Å². The lowest BCUT2D eigenvalue weighted by atomic mass is 10.3. The molecule has 1 heterocycles. The first-order valence-electron chi connectivity index (χ1n) is 3.84. The number of hydrogen-bond donors (Lipinski definition) is 1. The van der Waals surface area contributed by atoms with Crippen molar-refractivity contribution in [2.45, 2.75) is 6.92 Å². The molecule has 2 rings (SSSR count). The summed E-state index contributed by atoms with van der Waals surface area (Å²) in [7, 11) is 1.88. The summed E-state index contributed by atoms with van der Waals surface area (Å²) in [5, 5.41) is 3.05. The van der Waals surface area contributed by atoms with Crippen LogP contribution in [0.2, 0.25) is 0 Å². The monoisotopic (exact) mass is 198 g/mol. The van der Waals surface area contributed by atoms with Gasteiger partial charge in [-0.15, -0.1) is 12.4 Å². The Balaban J connectivity index is 0.000000845. The van der Waals surface area contributed by atoms with Crippen LogP contribution in [0.25, 0.3) is 11.1 Å². The molecule has 0 amide bonds. The van der Waals surface area contributed by atoms with Gasteiger partial charge in [0.1, 0.15) is 5.52 Å². The van der Waals surface area contributed by atoms with Crippen LogP contribution in [-0.2, 0) is 0 Å². The molecule has 1 aromatic heterocycles. The number of oxazole rings is 1. The lowest BCUT2D eigenvalue weighted by molar-refractivity contribution is 0.561. The van der Waals surface area contributed by atoms with Crippen LogP contribution < -0.4 is 5.32 Å². The molecular formula is C9H11ClN2O. The van der Waals surface area contributed by atoms with E-state index in [1.165, 1.54) is 0 Å². The number of hydrogen-bond acceptors (Lipinski definition) is 3. The number of fused-ring (bicyclic) bond motifs is 1. The molecule has 0 aliphatic carbocycles. The minimum absolute atomic E-state index is 0. The summed E-state index contributed by atoms with van der Waals surface area (Å²) in [6.07, 6.45) is 0. The molecule has 0 saturated heterocycles. The second-order valence-corrected chi connectivity index (χ2v) is 2.67. The van der Waals surface area contributed by atoms with E-state index >= 15 is 0 Å². The van der Waals surface area contributed by atoms with Gasteiger partial charge in [0, 0.05) is 19.7 Å². The zero-order chi connectivity index (χ0) is 8.55. The Morgan fingerprint density at radius 1 is 1.38 bits per heavy atom. The topological polar surface area (TPSA) is 38.1 Å². The first-order chi connectivity index (χ1) is 5.79. The van der Waals surface area contributed by atoms with E-state index in [1.807, 2.05) is 32.2 Å². The Morgan fingerprint density at radius 3 is 2.85 bits per heavy atom. The maximum absolute atomic E-state index is 5.33. The van der Waals surface area contributed by atoms with Crippen molar-refractivity contribution in [3.05, 3.63) is 24.1 Å². The summed E-state index contributed by atoms with van der Waals surface area (Å²) in [6.45, 7) is 1.85. The normalized spacial score (nSPS) is 9.69. The number of nitrogens with one attached hydrogen (secondary N) is 1. The summed E-state index contributed by atoms with van der Waals surface area (Å²) in [4.78, 5) is 4.22. The Kier molecular flexibility index (Phi) is 2.78. The van der Waals surface area contributed by atoms with Gasteiger partial charge in [0.25, 0.3) is 0 Å². The van der Waals surface area contributed by atoms with Crippen LogP contribution in [0, 0.1) is 6.92 Å². The van der Waals surface area contributed by atoms with Crippen molar-refractivity contribution in [1.29, 1.82) is 0 Å². The van der Waals surface area contributed by atoms with Crippen molar-refractivity contribution in [2.75, 3.05) is 12.4 Å². The number of aryl methyl sites for hydroxylation is 1. The van der Waals surface area contributed by atoms with Crippen LogP contribution in [0.15, 0.2) is 22.6 Å². The highest BCUT2D eigenvalue weighted by atomic mass is 35.5. The molecule has 0 aliphatic rings. The molecule has 0 spiro atoms. The predicted molar refractivity (Wildman–Crippen MR) is 55.5 cm³/mol. The second-order valence-electron chi connectivity index (χ2n) is 2.67. The van der Waals surface area contributed by atoms with Gasteiger partial charge in [-0.2, -0.15) is 0 Å². The van der Waals surface area contributed by atoms with Crippen LogP contribution >= 0.6 is 12.4 Å². The predicted octanol–water partition coefficient (Wildman–Crippen LogP) is 2.60. The number of halogens is 1. The third-order valence-corrected chi connectivity index (χ3v) is 1.78. The van der Waals surface area contributed by atoms with Crippen molar-refractivity contribution in [3.63, 3.8) is 0 Å². The van der Waals surface area contributed by atoms with E-state index in [1.54, 1.807) is 0 Å². The largest absolute Gasteiger partial charge is 0.441 e. The zero-order valence-electron chi connectivity index (χ0n) is 7.50. The summed E-state index contributed by atoms with van der Waals surface area (Å²) in [5.74, 6) is 0.707. The Labute approximate surface area is 82.6 Å². The second kappa shape index (κ2) is 3.66. The fraction of sp³-hybridized carbons (Fsp3) is 0.222. The number of aromatic nitrogens is 1. The van der Waals surface area contributed by atoms with Crippen LogP contribution in [0.5, 0.6) is 0 Å². The van der Waals surface area contributed by atoms with Gasteiger partial charge in [0.15, 0.2) is 11.5 Å². The molecule has 0 atom stereocenters. The molecule has 0 fully saturated rings. The van der Waals surface area contributed by atoms with E-state index in [9.17, 15) is 0 Å². The van der Waals surface area contributed by atoms with Crippen LogP contribution in [0.4, 0.5) is 5.69 Å². The van der Waals surface area contributed by atoms with Gasteiger partial charge < -0.3 is 9.73 Å². The minimum atomic E-state index is 0. The highest BCUT2D eigenvalue weighted by Crippen LogP contribution is 2.18. The highest BCUT2D eigenvalue weighted by Gasteiger charge is 2.01. The minimum Gasteiger partial charge on any atom is -0.441 e. The van der Waals surface area contributed by atoms with E-state index in [0.29, 0.717) is 5.89 Å². The molecule has 0 radical (unpaired) electrons. The molecule has 0 aliphatic heterocycles. The molecule has 1 N–H and O–H groups in total. The number of benzene rings is 1. The maximum Gasteiger partial charge on any atom is 0.192 e. The van der Waals surface area contributed by atoms with Crippen molar-refractivity contribution in [2.24, 2.45) is 0 Å². The van der Waals surface area contributed by atoms with Crippen LogP contribution in [-0.4, -0.2) is 12.0 Å². The van der Waals surface area contributed by atoms with Gasteiger partial charge in [0.2, 0.25) is 0 Å². The van der Waals surface area contributed by atoms with Crippen molar-refractivity contribution in [3.8, 4) is 0 Å². The van der Waals surface area contributed by atoms with E-state index < -0.39 is 0 Å². The van der Waals surface area contributed by atoms with Crippen molar-refractivity contribution >= 4 is 29.2 Å². The number of nitrogens with zero attached hydrogens (tertiary/aromatic N) is 1. The first-order valence-corrected chi connectivity index (χ1v) is 3.84. The van der Waals surface area contributed by atoms with Gasteiger partial charge in [0.05, 0.1) is 0 Å². The van der Waals surface area contributed by atoms with E-state index in [0.717, 1.165) is 16.8 Å². The highest BCUT2D eigenvalue weighted by molar-refractivity contribution is 5.85. The Hall–Kier alpha value is -1.22. The molecule has 13 heavy (non-hydrogen) atoms. The lowest BCUT2D eigenvalue weighted by Crippen LogP contribution is -1.85. The number of anilines is 1. The molecule has 3 nitrogen and oxygen atoms in total. The molecule has 2 aromatic rings. The fourth-order valence-electron chi connectivity index (χ4n) is 1.20. The van der Waals surface area contributed by atoms with Gasteiger partial charge in [-0.05, 0) is 18.2 Å². The Bertz CT molecular complexity index is 411. The zero-order valence-corrected chi connectivity index (χ0v) is 8.31. The third kappa shape index (κ3) is 1.75.